The van der Waals surface area contributed by atoms with Crippen molar-refractivity contribution in [1.29, 1.82) is 5.26 Å². The molecule has 0 radical (unpaired) electrons. The number of ketones is 1. The number of nitrogens with one attached hydrogen (secondary N) is 1. The number of pyridine rings is 1. The second-order valence-corrected chi connectivity index (χ2v) is 4.72. The second-order valence-electron chi connectivity index (χ2n) is 4.72. The largest absolute Gasteiger partial charge is 0.394 e. The fourth-order valence-corrected chi connectivity index (χ4v) is 2.35. The molecule has 0 bridgehead atoms. The molecule has 1 aromatic carbocycles. The highest BCUT2D eigenvalue weighted by Gasteiger charge is 2.20. The highest BCUT2D eigenvalue weighted by Crippen LogP contribution is 2.21. The standard InChI is InChI=1S/C16H15N3O2/c1-3-12-9(2)19-16(21)14(18)13(12)15(20)11-6-4-5-10(7-11)8-17/h4-7H,3,18H2,1-2H3,(H,19,21). The molecular weight excluding hydrogens is 266 g/mol. The van der Waals surface area contributed by atoms with Gasteiger partial charge in [0.2, 0.25) is 0 Å². The minimum Gasteiger partial charge on any atom is -0.394 e. The monoisotopic (exact) mass is 281 g/mol. The van der Waals surface area contributed by atoms with E-state index in [0.29, 0.717) is 23.2 Å². The average molecular weight is 281 g/mol. The van der Waals surface area contributed by atoms with Crippen LogP contribution in [0.25, 0.3) is 0 Å². The molecule has 0 aliphatic rings. The number of anilines is 1. The van der Waals surface area contributed by atoms with Gasteiger partial charge in [-0.25, -0.2) is 0 Å². The number of nitrogen functional groups attached to an aromatic ring is 1. The predicted molar refractivity (Wildman–Crippen MR) is 80.2 cm³/mol. The number of hydrogen-bond acceptors (Lipinski definition) is 4. The molecule has 0 atom stereocenters. The van der Waals surface area contributed by atoms with E-state index in [1.807, 2.05) is 13.0 Å². The molecule has 5 nitrogen and oxygen atoms in total. The summed E-state index contributed by atoms with van der Waals surface area (Å²) in [5.74, 6) is -0.337. The molecule has 0 spiro atoms. The number of aromatic amines is 1. The fourth-order valence-electron chi connectivity index (χ4n) is 2.35. The van der Waals surface area contributed by atoms with Gasteiger partial charge in [0.1, 0.15) is 5.69 Å². The van der Waals surface area contributed by atoms with Crippen LogP contribution in [0, 0.1) is 18.3 Å². The van der Waals surface area contributed by atoms with E-state index >= 15 is 0 Å². The topological polar surface area (TPSA) is 99.7 Å². The Morgan fingerprint density at radius 3 is 2.76 bits per heavy atom. The number of nitrogens with two attached hydrogens (primary N) is 1. The van der Waals surface area contributed by atoms with Crippen LogP contribution < -0.4 is 11.3 Å². The molecule has 106 valence electrons. The molecule has 0 aliphatic heterocycles. The van der Waals surface area contributed by atoms with Crippen LogP contribution in [0.15, 0.2) is 29.1 Å². The van der Waals surface area contributed by atoms with Crippen LogP contribution in [-0.2, 0) is 6.42 Å². The number of benzene rings is 1. The summed E-state index contributed by atoms with van der Waals surface area (Å²) in [5.41, 5.74) is 7.58. The lowest BCUT2D eigenvalue weighted by Crippen LogP contribution is -2.22. The first kappa shape index (κ1) is 14.5. The zero-order valence-corrected chi connectivity index (χ0v) is 11.9. The summed E-state index contributed by atoms with van der Waals surface area (Å²) in [6.07, 6.45) is 0.575. The number of H-pyrrole nitrogens is 1. The number of aryl methyl sites for hydroxylation is 1. The number of aromatic nitrogens is 1. The molecule has 2 rings (SSSR count). The van der Waals surface area contributed by atoms with Gasteiger partial charge in [-0.15, -0.1) is 0 Å². The van der Waals surface area contributed by atoms with Gasteiger partial charge in [-0.1, -0.05) is 19.1 Å². The Balaban J connectivity index is 2.68. The Morgan fingerprint density at radius 2 is 2.14 bits per heavy atom. The van der Waals surface area contributed by atoms with Crippen LogP contribution in [0.4, 0.5) is 5.69 Å². The maximum absolute atomic E-state index is 12.7. The molecule has 1 heterocycles. The molecule has 0 unspecified atom stereocenters. The summed E-state index contributed by atoms with van der Waals surface area (Å²) >= 11 is 0. The Kier molecular flexibility index (Phi) is 3.90. The van der Waals surface area contributed by atoms with Crippen molar-refractivity contribution in [3.63, 3.8) is 0 Å². The number of rotatable bonds is 3. The molecule has 0 amide bonds. The normalized spacial score (nSPS) is 10.1. The smallest absolute Gasteiger partial charge is 0.272 e. The molecule has 1 aromatic heterocycles. The third kappa shape index (κ3) is 2.56. The summed E-state index contributed by atoms with van der Waals surface area (Å²) in [6, 6.07) is 8.34. The molecule has 0 saturated heterocycles. The summed E-state index contributed by atoms with van der Waals surface area (Å²) in [6.45, 7) is 3.63. The molecule has 2 aromatic rings. The highest BCUT2D eigenvalue weighted by atomic mass is 16.1. The van der Waals surface area contributed by atoms with E-state index in [2.05, 4.69) is 4.98 Å². The molecule has 5 heteroatoms. The van der Waals surface area contributed by atoms with Crippen molar-refractivity contribution in [2.24, 2.45) is 0 Å². The van der Waals surface area contributed by atoms with E-state index in [1.165, 1.54) is 6.07 Å². The van der Waals surface area contributed by atoms with Crippen LogP contribution in [0.1, 0.15) is 39.7 Å². The summed E-state index contributed by atoms with van der Waals surface area (Å²) < 4.78 is 0. The zero-order valence-electron chi connectivity index (χ0n) is 11.9. The molecule has 3 N–H and O–H groups in total. The van der Waals surface area contributed by atoms with Crippen LogP contribution in [0.2, 0.25) is 0 Å². The Bertz CT molecular complexity index is 813. The summed E-state index contributed by atoms with van der Waals surface area (Å²) in [7, 11) is 0. The third-order valence-corrected chi connectivity index (χ3v) is 3.40. The van der Waals surface area contributed by atoms with E-state index in [9.17, 15) is 9.59 Å². The van der Waals surface area contributed by atoms with Gasteiger partial charge in [-0.05, 0) is 31.0 Å². The number of carbonyl (C=O) groups is 1. The average Bonchev–Trinajstić information content (AvgIpc) is 2.50. The maximum atomic E-state index is 12.7. The Morgan fingerprint density at radius 1 is 1.43 bits per heavy atom. The van der Waals surface area contributed by atoms with E-state index in [0.717, 1.165) is 5.56 Å². The van der Waals surface area contributed by atoms with Gasteiger partial charge >= 0.3 is 0 Å². The van der Waals surface area contributed by atoms with Crippen molar-refractivity contribution in [2.45, 2.75) is 20.3 Å². The van der Waals surface area contributed by atoms with Gasteiger partial charge in [-0.3, -0.25) is 9.59 Å². The first-order valence-electron chi connectivity index (χ1n) is 6.55. The van der Waals surface area contributed by atoms with Crippen LogP contribution in [0.5, 0.6) is 0 Å². The van der Waals surface area contributed by atoms with E-state index in [1.54, 1.807) is 25.1 Å². The lowest BCUT2D eigenvalue weighted by Gasteiger charge is -2.12. The van der Waals surface area contributed by atoms with Crippen LogP contribution in [0.3, 0.4) is 0 Å². The quantitative estimate of drug-likeness (QED) is 0.839. The minimum absolute atomic E-state index is 0.0789. The van der Waals surface area contributed by atoms with Gasteiger partial charge in [-0.2, -0.15) is 5.26 Å². The highest BCUT2D eigenvalue weighted by molar-refractivity contribution is 6.13. The zero-order chi connectivity index (χ0) is 15.6. The van der Waals surface area contributed by atoms with Crippen LogP contribution in [-0.4, -0.2) is 10.8 Å². The minimum atomic E-state index is -0.468. The van der Waals surface area contributed by atoms with E-state index in [4.69, 9.17) is 11.0 Å². The SMILES string of the molecule is CCc1c(C)[nH]c(=O)c(N)c1C(=O)c1cccc(C#N)c1. The van der Waals surface area contributed by atoms with E-state index in [-0.39, 0.29) is 17.0 Å². The number of nitriles is 1. The van der Waals surface area contributed by atoms with Crippen LogP contribution >= 0.6 is 0 Å². The number of carbonyl (C=O) groups excluding carboxylic acids is 1. The van der Waals surface area contributed by atoms with Crippen molar-refractivity contribution in [2.75, 3.05) is 5.73 Å². The van der Waals surface area contributed by atoms with Gasteiger partial charge in [0.25, 0.3) is 5.56 Å². The Labute approximate surface area is 122 Å². The third-order valence-electron chi connectivity index (χ3n) is 3.40. The van der Waals surface area contributed by atoms with Crippen molar-refractivity contribution in [1.82, 2.24) is 4.98 Å². The van der Waals surface area contributed by atoms with Crippen molar-refractivity contribution < 1.29 is 4.79 Å². The van der Waals surface area contributed by atoms with Gasteiger partial charge in [0.05, 0.1) is 17.2 Å². The second kappa shape index (κ2) is 5.63. The summed E-state index contributed by atoms with van der Waals surface area (Å²) in [5, 5.41) is 8.92. The predicted octanol–water partition coefficient (Wildman–Crippen LogP) is 1.93. The molecule has 0 aliphatic carbocycles. The lowest BCUT2D eigenvalue weighted by molar-refractivity contribution is 0.103. The summed E-state index contributed by atoms with van der Waals surface area (Å²) in [4.78, 5) is 27.1. The number of hydrogen-bond donors (Lipinski definition) is 2. The van der Waals surface area contributed by atoms with Gasteiger partial charge in [0, 0.05) is 11.3 Å². The molecule has 0 saturated carbocycles. The molecule has 21 heavy (non-hydrogen) atoms. The number of nitrogens with zero attached hydrogens (tertiary/aromatic N) is 1. The lowest BCUT2D eigenvalue weighted by atomic mass is 9.94. The Hall–Kier alpha value is -2.87. The van der Waals surface area contributed by atoms with E-state index < -0.39 is 5.56 Å². The van der Waals surface area contributed by atoms with Crippen molar-refractivity contribution in [3.8, 4) is 6.07 Å². The fraction of sp³-hybridized carbons (Fsp3) is 0.188. The molecular formula is C16H15N3O2. The van der Waals surface area contributed by atoms with Crippen molar-refractivity contribution in [3.05, 3.63) is 62.6 Å². The molecule has 0 fully saturated rings. The first-order valence-corrected chi connectivity index (χ1v) is 6.55. The van der Waals surface area contributed by atoms with Crippen molar-refractivity contribution >= 4 is 11.5 Å². The van der Waals surface area contributed by atoms with Gasteiger partial charge < -0.3 is 10.7 Å². The van der Waals surface area contributed by atoms with Gasteiger partial charge in [0.15, 0.2) is 5.78 Å². The maximum Gasteiger partial charge on any atom is 0.272 e. The first-order chi connectivity index (χ1) is 9.99.